The number of carbonyl (C=O) groups excluding carboxylic acids is 2. The van der Waals surface area contributed by atoms with E-state index in [1.54, 1.807) is 11.3 Å². The Hall–Kier alpha value is -1.99. The van der Waals surface area contributed by atoms with Crippen LogP contribution in [0.15, 0.2) is 24.3 Å². The normalized spacial score (nSPS) is 10.8. The second-order valence-electron chi connectivity index (χ2n) is 4.69. The number of nitrogens with zero attached hydrogens (tertiary/aromatic N) is 2. The van der Waals surface area contributed by atoms with E-state index in [1.807, 2.05) is 36.2 Å². The largest absolute Gasteiger partial charge is 0.341 e. The van der Waals surface area contributed by atoms with E-state index in [2.05, 4.69) is 15.6 Å². The highest BCUT2D eigenvalue weighted by Crippen LogP contribution is 2.22. The number of nitrogens with one attached hydrogen (secondary N) is 2. The molecule has 7 heteroatoms. The molecule has 0 unspecified atom stereocenters. The van der Waals surface area contributed by atoms with Crippen molar-refractivity contribution in [2.24, 2.45) is 0 Å². The van der Waals surface area contributed by atoms with Gasteiger partial charge in [-0.3, -0.25) is 15.0 Å². The molecule has 6 nitrogen and oxygen atoms in total. The average molecular weight is 306 g/mol. The van der Waals surface area contributed by atoms with Gasteiger partial charge in [-0.1, -0.05) is 12.1 Å². The van der Waals surface area contributed by atoms with Gasteiger partial charge in [0.2, 0.25) is 5.91 Å². The number of amides is 3. The highest BCUT2D eigenvalue weighted by molar-refractivity contribution is 7.18. The lowest BCUT2D eigenvalue weighted by Crippen LogP contribution is -2.38. The predicted molar refractivity (Wildman–Crippen MR) is 83.2 cm³/mol. The molecule has 2 aromatic rings. The molecule has 21 heavy (non-hydrogen) atoms. The minimum Gasteiger partial charge on any atom is -0.341 e. The van der Waals surface area contributed by atoms with Crippen molar-refractivity contribution in [1.29, 1.82) is 0 Å². The fourth-order valence-electron chi connectivity index (χ4n) is 1.84. The van der Waals surface area contributed by atoms with Crippen molar-refractivity contribution in [3.63, 3.8) is 0 Å². The molecule has 1 aromatic heterocycles. The first-order valence-electron chi connectivity index (χ1n) is 6.63. The van der Waals surface area contributed by atoms with Crippen LogP contribution in [0.4, 0.5) is 4.79 Å². The third-order valence-corrected chi connectivity index (χ3v) is 3.97. The van der Waals surface area contributed by atoms with Gasteiger partial charge in [0.1, 0.15) is 5.01 Å². The highest BCUT2D eigenvalue weighted by atomic mass is 32.1. The zero-order valence-electron chi connectivity index (χ0n) is 12.0. The van der Waals surface area contributed by atoms with Crippen molar-refractivity contribution in [3.05, 3.63) is 29.3 Å². The van der Waals surface area contributed by atoms with Crippen molar-refractivity contribution < 1.29 is 9.59 Å². The first kappa shape index (κ1) is 15.4. The molecule has 0 aliphatic carbocycles. The second kappa shape index (κ2) is 7.14. The van der Waals surface area contributed by atoms with E-state index in [0.717, 1.165) is 10.5 Å². The monoisotopic (exact) mass is 306 g/mol. The zero-order valence-corrected chi connectivity index (χ0v) is 12.9. The van der Waals surface area contributed by atoms with Crippen LogP contribution in [0.5, 0.6) is 0 Å². The second-order valence-corrected chi connectivity index (χ2v) is 5.81. The van der Waals surface area contributed by atoms with Gasteiger partial charge in [-0.2, -0.15) is 0 Å². The molecule has 2 rings (SSSR count). The minimum absolute atomic E-state index is 0.273. The van der Waals surface area contributed by atoms with Crippen molar-refractivity contribution >= 4 is 33.5 Å². The van der Waals surface area contributed by atoms with Gasteiger partial charge in [-0.15, -0.1) is 11.3 Å². The van der Waals surface area contributed by atoms with Crippen LogP contribution in [0.1, 0.15) is 11.4 Å². The SMILES string of the molecule is CNC(=O)NC(=O)CCN(C)Cc1nc2ccccc2s1. The molecule has 0 aliphatic rings. The van der Waals surface area contributed by atoms with Crippen LogP contribution in [-0.2, 0) is 11.3 Å². The minimum atomic E-state index is -0.478. The fourth-order valence-corrected chi connectivity index (χ4v) is 2.89. The maximum atomic E-state index is 11.5. The number of imide groups is 1. The summed E-state index contributed by atoms with van der Waals surface area (Å²) in [6.45, 7) is 1.26. The van der Waals surface area contributed by atoms with Crippen LogP contribution in [0.3, 0.4) is 0 Å². The van der Waals surface area contributed by atoms with E-state index in [4.69, 9.17) is 0 Å². The first-order chi connectivity index (χ1) is 10.1. The topological polar surface area (TPSA) is 74.3 Å². The van der Waals surface area contributed by atoms with Gasteiger partial charge in [0.15, 0.2) is 0 Å². The van der Waals surface area contributed by atoms with Crippen molar-refractivity contribution in [3.8, 4) is 0 Å². The number of urea groups is 1. The third-order valence-electron chi connectivity index (χ3n) is 2.94. The average Bonchev–Trinajstić information content (AvgIpc) is 2.87. The summed E-state index contributed by atoms with van der Waals surface area (Å²) < 4.78 is 1.17. The Bertz CT molecular complexity index is 608. The maximum Gasteiger partial charge on any atom is 0.321 e. The molecule has 0 aliphatic heterocycles. The zero-order chi connectivity index (χ0) is 15.2. The Morgan fingerprint density at radius 2 is 2.10 bits per heavy atom. The molecule has 2 N–H and O–H groups in total. The lowest BCUT2D eigenvalue weighted by atomic mass is 10.3. The highest BCUT2D eigenvalue weighted by Gasteiger charge is 2.10. The number of fused-ring (bicyclic) bond motifs is 1. The van der Waals surface area contributed by atoms with E-state index in [1.165, 1.54) is 11.7 Å². The molecular weight excluding hydrogens is 288 g/mol. The van der Waals surface area contributed by atoms with Gasteiger partial charge in [0.25, 0.3) is 0 Å². The number of aromatic nitrogens is 1. The van der Waals surface area contributed by atoms with Crippen LogP contribution in [0, 0.1) is 0 Å². The van der Waals surface area contributed by atoms with Gasteiger partial charge in [-0.25, -0.2) is 9.78 Å². The molecule has 0 atom stereocenters. The summed E-state index contributed by atoms with van der Waals surface area (Å²) in [7, 11) is 3.40. The molecule has 3 amide bonds. The predicted octanol–water partition coefficient (Wildman–Crippen LogP) is 1.57. The molecule has 0 saturated heterocycles. The number of hydrogen-bond acceptors (Lipinski definition) is 5. The van der Waals surface area contributed by atoms with Crippen LogP contribution < -0.4 is 10.6 Å². The number of carbonyl (C=O) groups is 2. The summed E-state index contributed by atoms with van der Waals surface area (Å²) >= 11 is 1.66. The summed E-state index contributed by atoms with van der Waals surface area (Å²) in [5, 5.41) is 5.61. The van der Waals surface area contributed by atoms with E-state index in [0.29, 0.717) is 13.1 Å². The quantitative estimate of drug-likeness (QED) is 0.879. The lowest BCUT2D eigenvalue weighted by Gasteiger charge is -2.14. The van der Waals surface area contributed by atoms with Gasteiger partial charge >= 0.3 is 6.03 Å². The third kappa shape index (κ3) is 4.51. The van der Waals surface area contributed by atoms with Gasteiger partial charge < -0.3 is 5.32 Å². The van der Waals surface area contributed by atoms with Gasteiger partial charge in [0, 0.05) is 20.0 Å². The summed E-state index contributed by atoms with van der Waals surface area (Å²) in [5.41, 5.74) is 1.00. The number of hydrogen-bond donors (Lipinski definition) is 2. The smallest absolute Gasteiger partial charge is 0.321 e. The Morgan fingerprint density at radius 1 is 1.33 bits per heavy atom. The molecule has 0 radical (unpaired) electrons. The van der Waals surface area contributed by atoms with Gasteiger partial charge in [0.05, 0.1) is 16.8 Å². The van der Waals surface area contributed by atoms with Crippen molar-refractivity contribution in [2.75, 3.05) is 20.6 Å². The van der Waals surface area contributed by atoms with E-state index >= 15 is 0 Å². The lowest BCUT2D eigenvalue weighted by molar-refractivity contribution is -0.120. The van der Waals surface area contributed by atoms with Crippen LogP contribution in [-0.4, -0.2) is 42.5 Å². The molecule has 0 fully saturated rings. The number of rotatable bonds is 5. The molecule has 1 heterocycles. The molecule has 0 saturated carbocycles. The number of benzene rings is 1. The summed E-state index contributed by atoms with van der Waals surface area (Å²) in [6, 6.07) is 7.53. The Labute approximate surface area is 127 Å². The number of thiazole rings is 1. The van der Waals surface area contributed by atoms with Crippen LogP contribution >= 0.6 is 11.3 Å². The maximum absolute atomic E-state index is 11.5. The number of para-hydroxylation sites is 1. The molecule has 112 valence electrons. The Kier molecular flexibility index (Phi) is 5.24. The molecule has 0 bridgehead atoms. The van der Waals surface area contributed by atoms with Crippen molar-refractivity contribution in [1.82, 2.24) is 20.5 Å². The van der Waals surface area contributed by atoms with Crippen LogP contribution in [0.2, 0.25) is 0 Å². The van der Waals surface area contributed by atoms with E-state index < -0.39 is 6.03 Å². The molecule has 0 spiro atoms. The summed E-state index contributed by atoms with van der Waals surface area (Å²) in [5.74, 6) is -0.287. The molecular formula is C14H18N4O2S. The van der Waals surface area contributed by atoms with E-state index in [9.17, 15) is 9.59 Å². The Balaban J connectivity index is 1.82. The van der Waals surface area contributed by atoms with Crippen molar-refractivity contribution in [2.45, 2.75) is 13.0 Å². The van der Waals surface area contributed by atoms with Gasteiger partial charge in [-0.05, 0) is 19.2 Å². The Morgan fingerprint density at radius 3 is 2.81 bits per heavy atom. The fraction of sp³-hybridized carbons (Fsp3) is 0.357. The standard InChI is InChI=1S/C14H18N4O2S/c1-15-14(20)17-12(19)7-8-18(2)9-13-16-10-5-3-4-6-11(10)21-13/h3-6H,7-9H2,1-2H3,(H2,15,17,19,20). The van der Waals surface area contributed by atoms with Crippen LogP contribution in [0.25, 0.3) is 10.2 Å². The summed E-state index contributed by atoms with van der Waals surface area (Å²) in [4.78, 5) is 29.1. The first-order valence-corrected chi connectivity index (χ1v) is 7.44. The molecule has 1 aromatic carbocycles. The summed E-state index contributed by atoms with van der Waals surface area (Å²) in [6.07, 6.45) is 0.273. The van der Waals surface area contributed by atoms with E-state index in [-0.39, 0.29) is 12.3 Å².